The monoisotopic (exact) mass is 207 g/mol. The summed E-state index contributed by atoms with van der Waals surface area (Å²) in [5, 5.41) is 0. The van der Waals surface area contributed by atoms with Crippen LogP contribution in [0, 0.1) is 0 Å². The molecule has 4 heteroatoms. The second-order valence-corrected chi connectivity index (χ2v) is 3.44. The van der Waals surface area contributed by atoms with Crippen LogP contribution in [0.1, 0.15) is 16.8 Å². The van der Waals surface area contributed by atoms with Crippen LogP contribution in [0.2, 0.25) is 0 Å². The Bertz CT molecular complexity index is 389. The van der Waals surface area contributed by atoms with Gasteiger partial charge in [-0.3, -0.25) is 4.79 Å². The van der Waals surface area contributed by atoms with Crippen molar-refractivity contribution in [2.75, 3.05) is 13.7 Å². The zero-order chi connectivity index (χ0) is 10.8. The highest BCUT2D eigenvalue weighted by Crippen LogP contribution is 2.33. The number of hydrogen-bond acceptors (Lipinski definition) is 4. The maximum atomic E-state index is 11.8. The van der Waals surface area contributed by atoms with E-state index in [0.29, 0.717) is 30.1 Å². The van der Waals surface area contributed by atoms with E-state index >= 15 is 0 Å². The molecule has 0 fully saturated rings. The highest BCUT2D eigenvalue weighted by atomic mass is 16.5. The number of hydrogen-bond donors (Lipinski definition) is 1. The molecule has 0 aliphatic carbocycles. The molecule has 0 unspecified atom stereocenters. The van der Waals surface area contributed by atoms with Gasteiger partial charge >= 0.3 is 0 Å². The second kappa shape index (κ2) is 3.90. The summed E-state index contributed by atoms with van der Waals surface area (Å²) in [4.78, 5) is 11.8. The normalized spacial score (nSPS) is 20.1. The van der Waals surface area contributed by atoms with E-state index in [-0.39, 0.29) is 5.78 Å². The van der Waals surface area contributed by atoms with E-state index in [2.05, 4.69) is 0 Å². The molecule has 0 aromatic heterocycles. The first kappa shape index (κ1) is 9.98. The van der Waals surface area contributed by atoms with E-state index in [1.54, 1.807) is 25.3 Å². The van der Waals surface area contributed by atoms with Crippen molar-refractivity contribution < 1.29 is 14.3 Å². The third kappa shape index (κ3) is 1.68. The highest BCUT2D eigenvalue weighted by Gasteiger charge is 2.25. The Morgan fingerprint density at radius 1 is 1.53 bits per heavy atom. The fourth-order valence-electron chi connectivity index (χ4n) is 1.64. The zero-order valence-electron chi connectivity index (χ0n) is 8.53. The minimum Gasteiger partial charge on any atom is -0.493 e. The zero-order valence-corrected chi connectivity index (χ0v) is 8.53. The average Bonchev–Trinajstić information content (AvgIpc) is 2.40. The Labute approximate surface area is 88.0 Å². The molecule has 0 spiro atoms. The maximum Gasteiger partial charge on any atom is 0.183 e. The van der Waals surface area contributed by atoms with Gasteiger partial charge in [0.25, 0.3) is 0 Å². The molecule has 1 aliphatic heterocycles. The number of carbonyl (C=O) groups is 1. The van der Waals surface area contributed by atoms with E-state index in [4.69, 9.17) is 15.2 Å². The van der Waals surface area contributed by atoms with E-state index in [9.17, 15) is 4.79 Å². The number of benzene rings is 1. The lowest BCUT2D eigenvalue weighted by atomic mass is 10.0. The van der Waals surface area contributed by atoms with Crippen molar-refractivity contribution in [3.63, 3.8) is 0 Å². The SMILES string of the molecule is COc1cccc2c1OCC[C@H](N)C2=O. The molecule has 1 heterocycles. The van der Waals surface area contributed by atoms with Crippen LogP contribution in [-0.4, -0.2) is 25.5 Å². The largest absolute Gasteiger partial charge is 0.493 e. The number of Topliss-reactive ketones (excluding diaryl/α,β-unsaturated/α-hetero) is 1. The van der Waals surface area contributed by atoms with E-state index in [0.717, 1.165) is 0 Å². The molecule has 0 saturated carbocycles. The molecule has 1 aromatic carbocycles. The third-order valence-corrected chi connectivity index (χ3v) is 2.48. The fraction of sp³-hybridized carbons (Fsp3) is 0.364. The van der Waals surface area contributed by atoms with Crippen molar-refractivity contribution in [3.8, 4) is 11.5 Å². The predicted octanol–water partition coefficient (Wildman–Crippen LogP) is 0.988. The number of ketones is 1. The van der Waals surface area contributed by atoms with Gasteiger partial charge in [0, 0.05) is 6.42 Å². The Hall–Kier alpha value is -1.55. The smallest absolute Gasteiger partial charge is 0.183 e. The topological polar surface area (TPSA) is 61.6 Å². The number of para-hydroxylation sites is 1. The summed E-state index contributed by atoms with van der Waals surface area (Å²) >= 11 is 0. The van der Waals surface area contributed by atoms with Crippen LogP contribution in [0.4, 0.5) is 0 Å². The van der Waals surface area contributed by atoms with Crippen LogP contribution in [-0.2, 0) is 0 Å². The van der Waals surface area contributed by atoms with Crippen molar-refractivity contribution in [2.45, 2.75) is 12.5 Å². The molecule has 1 aromatic rings. The maximum absolute atomic E-state index is 11.8. The number of ether oxygens (including phenoxy) is 2. The van der Waals surface area contributed by atoms with Crippen LogP contribution in [0.3, 0.4) is 0 Å². The summed E-state index contributed by atoms with van der Waals surface area (Å²) in [5.41, 5.74) is 6.23. The quantitative estimate of drug-likeness (QED) is 0.745. The minimum atomic E-state index is -0.474. The Kier molecular flexibility index (Phi) is 2.60. The molecule has 2 N–H and O–H groups in total. The summed E-state index contributed by atoms with van der Waals surface area (Å²) in [5.74, 6) is 1.01. The summed E-state index contributed by atoms with van der Waals surface area (Å²) < 4.78 is 10.6. The van der Waals surface area contributed by atoms with Gasteiger partial charge in [-0.25, -0.2) is 0 Å². The van der Waals surface area contributed by atoms with Crippen molar-refractivity contribution >= 4 is 5.78 Å². The van der Waals surface area contributed by atoms with Crippen molar-refractivity contribution in [3.05, 3.63) is 23.8 Å². The summed E-state index contributed by atoms with van der Waals surface area (Å²) in [7, 11) is 1.55. The predicted molar refractivity (Wildman–Crippen MR) is 55.4 cm³/mol. The van der Waals surface area contributed by atoms with E-state index in [1.807, 2.05) is 0 Å². The fourth-order valence-corrected chi connectivity index (χ4v) is 1.64. The molecule has 1 atom stereocenters. The molecule has 4 nitrogen and oxygen atoms in total. The number of rotatable bonds is 1. The summed E-state index contributed by atoms with van der Waals surface area (Å²) in [6.07, 6.45) is 0.538. The first-order valence-corrected chi connectivity index (χ1v) is 4.83. The molecule has 15 heavy (non-hydrogen) atoms. The van der Waals surface area contributed by atoms with Gasteiger partial charge in [-0.1, -0.05) is 6.07 Å². The molecule has 1 aliphatic rings. The van der Waals surface area contributed by atoms with Gasteiger partial charge in [0.1, 0.15) is 0 Å². The molecule has 80 valence electrons. The number of carbonyl (C=O) groups excluding carboxylic acids is 1. The minimum absolute atomic E-state index is 0.0820. The molecule has 0 radical (unpaired) electrons. The van der Waals surface area contributed by atoms with Gasteiger partial charge in [0.2, 0.25) is 0 Å². The molecule has 0 saturated heterocycles. The van der Waals surface area contributed by atoms with Crippen molar-refractivity contribution in [1.82, 2.24) is 0 Å². The Morgan fingerprint density at radius 3 is 3.07 bits per heavy atom. The number of nitrogens with two attached hydrogens (primary N) is 1. The molecule has 0 bridgehead atoms. The molecule has 2 rings (SSSR count). The van der Waals surface area contributed by atoms with Crippen LogP contribution in [0.5, 0.6) is 11.5 Å². The third-order valence-electron chi connectivity index (χ3n) is 2.48. The van der Waals surface area contributed by atoms with Gasteiger partial charge in [-0.05, 0) is 12.1 Å². The van der Waals surface area contributed by atoms with Gasteiger partial charge < -0.3 is 15.2 Å². The average molecular weight is 207 g/mol. The first-order valence-electron chi connectivity index (χ1n) is 4.83. The van der Waals surface area contributed by atoms with Crippen molar-refractivity contribution in [1.29, 1.82) is 0 Å². The standard InChI is InChI=1S/C11H13NO3/c1-14-9-4-2-3-7-10(13)8(12)5-6-15-11(7)9/h2-4,8H,5-6,12H2,1H3/t8-/m0/s1. The number of methoxy groups -OCH3 is 1. The lowest BCUT2D eigenvalue weighted by Gasteiger charge is -2.10. The van der Waals surface area contributed by atoms with Crippen LogP contribution < -0.4 is 15.2 Å². The van der Waals surface area contributed by atoms with E-state index in [1.165, 1.54) is 0 Å². The van der Waals surface area contributed by atoms with Gasteiger partial charge in [0.05, 0.1) is 25.3 Å². The molecule has 0 amide bonds. The lowest BCUT2D eigenvalue weighted by Crippen LogP contribution is -2.30. The van der Waals surface area contributed by atoms with E-state index < -0.39 is 6.04 Å². The Balaban J connectivity index is 2.52. The van der Waals surface area contributed by atoms with Gasteiger partial charge in [-0.2, -0.15) is 0 Å². The lowest BCUT2D eigenvalue weighted by molar-refractivity contribution is 0.0960. The van der Waals surface area contributed by atoms with Crippen LogP contribution >= 0.6 is 0 Å². The second-order valence-electron chi connectivity index (χ2n) is 3.44. The van der Waals surface area contributed by atoms with Crippen LogP contribution in [0.15, 0.2) is 18.2 Å². The molecular weight excluding hydrogens is 194 g/mol. The highest BCUT2D eigenvalue weighted by molar-refractivity contribution is 6.03. The summed E-state index contributed by atoms with van der Waals surface area (Å²) in [6.45, 7) is 0.445. The van der Waals surface area contributed by atoms with Crippen LogP contribution in [0.25, 0.3) is 0 Å². The van der Waals surface area contributed by atoms with Gasteiger partial charge in [0.15, 0.2) is 17.3 Å². The first-order chi connectivity index (χ1) is 7.24. The number of fused-ring (bicyclic) bond motifs is 1. The molecular formula is C11H13NO3. The Morgan fingerprint density at radius 2 is 2.33 bits per heavy atom. The van der Waals surface area contributed by atoms with Crippen molar-refractivity contribution in [2.24, 2.45) is 5.73 Å². The van der Waals surface area contributed by atoms with Gasteiger partial charge in [-0.15, -0.1) is 0 Å². The summed E-state index contributed by atoms with van der Waals surface area (Å²) in [6, 6.07) is 4.77.